The van der Waals surface area contributed by atoms with E-state index < -0.39 is 5.41 Å². The molecule has 0 radical (unpaired) electrons. The Morgan fingerprint density at radius 1 is 1.12 bits per heavy atom. The standard InChI is InChI=1S/C26H29N3O4/c1-28(2)25(31)26(17-20-16-22(27-33-20)19-10-5-4-6-11-19)14-9-15-29(18-26)24(30)21-12-7-8-13-23(21)32-3/h4-8,10-13,16H,9,14-15,17-18H2,1-3H3/t26-/m1/s1. The van der Waals surface area contributed by atoms with Crippen LogP contribution >= 0.6 is 0 Å². The third-order valence-corrected chi connectivity index (χ3v) is 6.20. The van der Waals surface area contributed by atoms with Crippen LogP contribution in [0.3, 0.4) is 0 Å². The van der Waals surface area contributed by atoms with E-state index in [-0.39, 0.29) is 11.8 Å². The smallest absolute Gasteiger partial charge is 0.257 e. The molecule has 1 aromatic heterocycles. The summed E-state index contributed by atoms with van der Waals surface area (Å²) < 4.78 is 11.0. The highest BCUT2D eigenvalue weighted by molar-refractivity contribution is 5.97. The number of methoxy groups -OCH3 is 1. The van der Waals surface area contributed by atoms with Gasteiger partial charge in [-0.2, -0.15) is 0 Å². The summed E-state index contributed by atoms with van der Waals surface area (Å²) in [6, 6.07) is 18.9. The number of carbonyl (C=O) groups excluding carboxylic acids is 2. The van der Waals surface area contributed by atoms with Crippen molar-refractivity contribution in [2.75, 3.05) is 34.3 Å². The van der Waals surface area contributed by atoms with Crippen LogP contribution in [-0.4, -0.2) is 61.1 Å². The maximum absolute atomic E-state index is 13.4. The zero-order valence-electron chi connectivity index (χ0n) is 19.3. The van der Waals surface area contributed by atoms with Crippen molar-refractivity contribution in [2.45, 2.75) is 19.3 Å². The lowest BCUT2D eigenvalue weighted by Crippen LogP contribution is -2.54. The molecule has 2 amide bonds. The normalized spacial score (nSPS) is 18.1. The Bertz CT molecular complexity index is 1130. The zero-order chi connectivity index (χ0) is 23.4. The van der Waals surface area contributed by atoms with E-state index in [9.17, 15) is 9.59 Å². The van der Waals surface area contributed by atoms with E-state index >= 15 is 0 Å². The summed E-state index contributed by atoms with van der Waals surface area (Å²) in [5.41, 5.74) is 1.40. The van der Waals surface area contributed by atoms with Crippen LogP contribution in [0.15, 0.2) is 65.2 Å². The summed E-state index contributed by atoms with van der Waals surface area (Å²) in [6.45, 7) is 0.896. The third kappa shape index (κ3) is 4.62. The van der Waals surface area contributed by atoms with Gasteiger partial charge in [0.1, 0.15) is 17.2 Å². The molecule has 33 heavy (non-hydrogen) atoms. The number of rotatable bonds is 6. The number of carbonyl (C=O) groups is 2. The first-order chi connectivity index (χ1) is 15.9. The lowest BCUT2D eigenvalue weighted by atomic mass is 9.75. The third-order valence-electron chi connectivity index (χ3n) is 6.20. The Balaban J connectivity index is 1.62. The molecule has 2 aromatic carbocycles. The van der Waals surface area contributed by atoms with Crippen molar-refractivity contribution in [3.8, 4) is 17.0 Å². The summed E-state index contributed by atoms with van der Waals surface area (Å²) in [5, 5.41) is 4.21. The molecule has 3 aromatic rings. The maximum Gasteiger partial charge on any atom is 0.257 e. The average Bonchev–Trinajstić information content (AvgIpc) is 3.31. The van der Waals surface area contributed by atoms with Crippen LogP contribution in [0.5, 0.6) is 5.75 Å². The van der Waals surface area contributed by atoms with Gasteiger partial charge in [-0.05, 0) is 25.0 Å². The van der Waals surface area contributed by atoms with Gasteiger partial charge in [0.25, 0.3) is 5.91 Å². The van der Waals surface area contributed by atoms with Gasteiger partial charge >= 0.3 is 0 Å². The van der Waals surface area contributed by atoms with Crippen LogP contribution in [0.2, 0.25) is 0 Å². The second kappa shape index (κ2) is 9.48. The molecule has 1 saturated heterocycles. The van der Waals surface area contributed by atoms with Crippen molar-refractivity contribution in [2.24, 2.45) is 5.41 Å². The average molecular weight is 448 g/mol. The lowest BCUT2D eigenvalue weighted by molar-refractivity contribution is -0.142. The van der Waals surface area contributed by atoms with Crippen molar-refractivity contribution in [1.82, 2.24) is 15.0 Å². The number of ether oxygens (including phenoxy) is 1. The molecule has 0 unspecified atom stereocenters. The quantitative estimate of drug-likeness (QED) is 0.573. The summed E-state index contributed by atoms with van der Waals surface area (Å²) in [4.78, 5) is 30.2. The van der Waals surface area contributed by atoms with Crippen molar-refractivity contribution in [3.63, 3.8) is 0 Å². The van der Waals surface area contributed by atoms with Crippen LogP contribution in [0.4, 0.5) is 0 Å². The van der Waals surface area contributed by atoms with Gasteiger partial charge in [-0.3, -0.25) is 9.59 Å². The monoisotopic (exact) mass is 447 g/mol. The highest BCUT2D eigenvalue weighted by Gasteiger charge is 2.45. The van der Waals surface area contributed by atoms with E-state index in [0.717, 1.165) is 17.7 Å². The molecule has 2 heterocycles. The van der Waals surface area contributed by atoms with E-state index in [4.69, 9.17) is 9.26 Å². The van der Waals surface area contributed by atoms with E-state index in [2.05, 4.69) is 5.16 Å². The van der Waals surface area contributed by atoms with E-state index in [1.807, 2.05) is 48.5 Å². The Morgan fingerprint density at radius 3 is 2.58 bits per heavy atom. The molecule has 172 valence electrons. The van der Waals surface area contributed by atoms with Gasteiger partial charge in [0, 0.05) is 45.2 Å². The SMILES string of the molecule is COc1ccccc1C(=O)N1CCC[C@](Cc2cc(-c3ccccc3)no2)(C(=O)N(C)C)C1. The largest absolute Gasteiger partial charge is 0.496 e. The fourth-order valence-electron chi connectivity index (χ4n) is 4.64. The molecule has 1 aliphatic heterocycles. The predicted molar refractivity (Wildman–Crippen MR) is 125 cm³/mol. The molecule has 4 rings (SSSR count). The van der Waals surface area contributed by atoms with Gasteiger partial charge < -0.3 is 19.1 Å². The van der Waals surface area contributed by atoms with Gasteiger partial charge in [-0.25, -0.2) is 0 Å². The Kier molecular flexibility index (Phi) is 6.49. The number of aromatic nitrogens is 1. The number of para-hydroxylation sites is 1. The van der Waals surface area contributed by atoms with Crippen LogP contribution in [0.1, 0.15) is 29.0 Å². The summed E-state index contributed by atoms with van der Waals surface area (Å²) in [7, 11) is 5.05. The fourth-order valence-corrected chi connectivity index (χ4v) is 4.64. The van der Waals surface area contributed by atoms with Gasteiger partial charge in [-0.1, -0.05) is 47.6 Å². The van der Waals surface area contributed by atoms with E-state index in [0.29, 0.717) is 43.0 Å². The molecule has 1 aliphatic rings. The van der Waals surface area contributed by atoms with Crippen molar-refractivity contribution < 1.29 is 18.8 Å². The van der Waals surface area contributed by atoms with Gasteiger partial charge in [-0.15, -0.1) is 0 Å². The van der Waals surface area contributed by atoms with Crippen molar-refractivity contribution in [1.29, 1.82) is 0 Å². The number of amides is 2. The molecule has 7 heteroatoms. The van der Waals surface area contributed by atoms with Crippen LogP contribution in [0.25, 0.3) is 11.3 Å². The van der Waals surface area contributed by atoms with E-state index in [1.165, 1.54) is 0 Å². The molecule has 1 fully saturated rings. The molecule has 0 spiro atoms. The molecule has 0 bridgehead atoms. The lowest BCUT2D eigenvalue weighted by Gasteiger charge is -2.42. The molecular weight excluding hydrogens is 418 g/mol. The van der Waals surface area contributed by atoms with Gasteiger partial charge in [0.2, 0.25) is 5.91 Å². The predicted octanol–water partition coefficient (Wildman–Crippen LogP) is 3.90. The second-order valence-electron chi connectivity index (χ2n) is 8.73. The second-order valence-corrected chi connectivity index (χ2v) is 8.73. The maximum atomic E-state index is 13.4. The topological polar surface area (TPSA) is 75.9 Å². The fraction of sp³-hybridized carbons (Fsp3) is 0.346. The number of hydrogen-bond acceptors (Lipinski definition) is 5. The number of benzene rings is 2. The molecule has 7 nitrogen and oxygen atoms in total. The van der Waals surface area contributed by atoms with Crippen molar-refractivity contribution in [3.05, 3.63) is 72.0 Å². The Hall–Kier alpha value is -3.61. The molecule has 0 N–H and O–H groups in total. The van der Waals surface area contributed by atoms with Crippen LogP contribution in [0, 0.1) is 5.41 Å². The molecule has 1 atom stereocenters. The molecule has 0 aliphatic carbocycles. The minimum atomic E-state index is -0.785. The first-order valence-electron chi connectivity index (χ1n) is 11.1. The highest BCUT2D eigenvalue weighted by Crippen LogP contribution is 2.37. The van der Waals surface area contributed by atoms with Gasteiger partial charge in [0.05, 0.1) is 18.1 Å². The summed E-state index contributed by atoms with van der Waals surface area (Å²) >= 11 is 0. The van der Waals surface area contributed by atoms with Gasteiger partial charge in [0.15, 0.2) is 0 Å². The highest BCUT2D eigenvalue weighted by atomic mass is 16.5. The van der Waals surface area contributed by atoms with Crippen LogP contribution in [-0.2, 0) is 11.2 Å². The molecule has 0 saturated carbocycles. The minimum Gasteiger partial charge on any atom is -0.496 e. The number of piperidine rings is 1. The summed E-state index contributed by atoms with van der Waals surface area (Å²) in [5.74, 6) is 1.01. The Labute approximate surface area is 193 Å². The summed E-state index contributed by atoms with van der Waals surface area (Å²) in [6.07, 6.45) is 1.76. The number of hydrogen-bond donors (Lipinski definition) is 0. The van der Waals surface area contributed by atoms with Crippen molar-refractivity contribution >= 4 is 11.8 Å². The Morgan fingerprint density at radius 2 is 1.85 bits per heavy atom. The minimum absolute atomic E-state index is 0.0160. The van der Waals surface area contributed by atoms with E-state index in [1.54, 1.807) is 43.1 Å². The number of nitrogens with zero attached hydrogens (tertiary/aromatic N) is 3. The first kappa shape index (κ1) is 22.6. The first-order valence-corrected chi connectivity index (χ1v) is 11.1. The number of likely N-dealkylation sites (tertiary alicyclic amines) is 1. The molecular formula is C26H29N3O4. The van der Waals surface area contributed by atoms with Crippen LogP contribution < -0.4 is 4.74 Å². The zero-order valence-corrected chi connectivity index (χ0v) is 19.3.